The topological polar surface area (TPSA) is 103 Å². The summed E-state index contributed by atoms with van der Waals surface area (Å²) in [5.74, 6) is -0.895. The molecule has 0 saturated carbocycles. The van der Waals surface area contributed by atoms with E-state index in [1.807, 2.05) is 0 Å². The molecule has 0 amide bonds. The van der Waals surface area contributed by atoms with Crippen molar-refractivity contribution in [2.75, 3.05) is 5.75 Å². The predicted octanol–water partition coefficient (Wildman–Crippen LogP) is 0.640. The van der Waals surface area contributed by atoms with Crippen molar-refractivity contribution in [1.29, 1.82) is 0 Å². The lowest BCUT2D eigenvalue weighted by Crippen LogP contribution is -2.23. The van der Waals surface area contributed by atoms with Gasteiger partial charge in [0.2, 0.25) is 0 Å². The number of nitrogens with zero attached hydrogens (tertiary/aromatic N) is 1. The Bertz CT molecular complexity index is 490. The molecule has 0 atom stereocenters. The number of aromatic amines is 1. The Hall–Kier alpha value is -1.34. The second-order valence-electron chi connectivity index (χ2n) is 4.25. The summed E-state index contributed by atoms with van der Waals surface area (Å²) in [5, 5.41) is 18.7. The summed E-state index contributed by atoms with van der Waals surface area (Å²) in [7, 11) is 0. The minimum atomic E-state index is -1.15. The number of nitrogens with one attached hydrogen (secondary N) is 1. The van der Waals surface area contributed by atoms with Gasteiger partial charge in [-0.1, -0.05) is 0 Å². The molecule has 0 unspecified atom stereocenters. The molecule has 7 heteroatoms. The summed E-state index contributed by atoms with van der Waals surface area (Å²) < 4.78 is 0. The highest BCUT2D eigenvalue weighted by Crippen LogP contribution is 2.24. The number of H-pyrrole nitrogens is 1. The Balaban J connectivity index is 3.13. The van der Waals surface area contributed by atoms with E-state index < -0.39 is 17.3 Å². The van der Waals surface area contributed by atoms with Crippen LogP contribution in [0.4, 0.5) is 0 Å². The molecule has 0 aliphatic heterocycles. The van der Waals surface area contributed by atoms with Crippen LogP contribution in [0, 0.1) is 6.92 Å². The van der Waals surface area contributed by atoms with Crippen LogP contribution >= 0.6 is 11.8 Å². The lowest BCUT2D eigenvalue weighted by molar-refractivity contribution is 0.0690. The van der Waals surface area contributed by atoms with Gasteiger partial charge in [-0.3, -0.25) is 0 Å². The van der Waals surface area contributed by atoms with Crippen LogP contribution in [0.1, 0.15) is 29.9 Å². The SMILES string of the molecule is Cc1[nH]c(=O)nc(SCC(C)(C)O)c1C(=O)O. The Morgan fingerprint density at radius 3 is 2.59 bits per heavy atom. The Morgan fingerprint density at radius 2 is 2.12 bits per heavy atom. The van der Waals surface area contributed by atoms with Crippen LogP contribution in [-0.4, -0.2) is 37.5 Å². The zero-order chi connectivity index (χ0) is 13.2. The fraction of sp³-hybridized carbons (Fsp3) is 0.500. The van der Waals surface area contributed by atoms with Gasteiger partial charge < -0.3 is 15.2 Å². The van der Waals surface area contributed by atoms with Gasteiger partial charge >= 0.3 is 11.7 Å². The molecule has 0 spiro atoms. The normalized spacial score (nSPS) is 11.5. The van der Waals surface area contributed by atoms with E-state index >= 15 is 0 Å². The number of carbonyl (C=O) groups is 1. The van der Waals surface area contributed by atoms with Crippen LogP contribution in [0.2, 0.25) is 0 Å². The van der Waals surface area contributed by atoms with E-state index in [0.717, 1.165) is 11.8 Å². The molecule has 0 aromatic carbocycles. The molecule has 1 aromatic heterocycles. The summed E-state index contributed by atoms with van der Waals surface area (Å²) in [5.41, 5.74) is -1.32. The second kappa shape index (κ2) is 4.89. The van der Waals surface area contributed by atoms with Gasteiger partial charge in [-0.2, -0.15) is 4.98 Å². The zero-order valence-electron chi connectivity index (χ0n) is 9.77. The van der Waals surface area contributed by atoms with E-state index in [1.165, 1.54) is 6.92 Å². The number of hydrogen-bond acceptors (Lipinski definition) is 5. The largest absolute Gasteiger partial charge is 0.478 e. The molecule has 1 rings (SSSR count). The average molecular weight is 258 g/mol. The van der Waals surface area contributed by atoms with Crippen molar-refractivity contribution in [1.82, 2.24) is 9.97 Å². The van der Waals surface area contributed by atoms with Crippen molar-refractivity contribution < 1.29 is 15.0 Å². The molecule has 1 heterocycles. The minimum absolute atomic E-state index is 0.0288. The fourth-order valence-corrected chi connectivity index (χ4v) is 2.18. The molecule has 0 aliphatic rings. The predicted molar refractivity (Wildman–Crippen MR) is 63.6 cm³/mol. The van der Waals surface area contributed by atoms with E-state index in [-0.39, 0.29) is 22.0 Å². The Labute approximate surface area is 102 Å². The van der Waals surface area contributed by atoms with Crippen LogP contribution in [-0.2, 0) is 0 Å². The lowest BCUT2D eigenvalue weighted by Gasteiger charge is -2.16. The van der Waals surface area contributed by atoms with Gasteiger partial charge in [-0.15, -0.1) is 11.8 Å². The van der Waals surface area contributed by atoms with Crippen molar-refractivity contribution in [2.24, 2.45) is 0 Å². The van der Waals surface area contributed by atoms with Crippen LogP contribution in [0.15, 0.2) is 9.82 Å². The Kier molecular flexibility index (Phi) is 3.94. The number of aryl methyl sites for hydroxylation is 1. The highest BCUT2D eigenvalue weighted by Gasteiger charge is 2.20. The molecule has 6 nitrogen and oxygen atoms in total. The summed E-state index contributed by atoms with van der Waals surface area (Å²) in [6.45, 7) is 4.70. The second-order valence-corrected chi connectivity index (χ2v) is 5.22. The summed E-state index contributed by atoms with van der Waals surface area (Å²) >= 11 is 1.05. The van der Waals surface area contributed by atoms with Gasteiger partial charge in [-0.05, 0) is 20.8 Å². The van der Waals surface area contributed by atoms with E-state index in [2.05, 4.69) is 9.97 Å². The standard InChI is InChI=1S/C10H14N2O4S/c1-5-6(8(13)14)7(12-9(15)11-5)17-4-10(2,3)16/h16H,4H2,1-3H3,(H,13,14)(H,11,12,15). The van der Waals surface area contributed by atoms with Crippen LogP contribution in [0.3, 0.4) is 0 Å². The minimum Gasteiger partial charge on any atom is -0.478 e. The molecule has 0 saturated heterocycles. The molecule has 1 aromatic rings. The van der Waals surface area contributed by atoms with Crippen molar-refractivity contribution in [2.45, 2.75) is 31.4 Å². The van der Waals surface area contributed by atoms with Gasteiger partial charge in [0.1, 0.15) is 10.6 Å². The highest BCUT2D eigenvalue weighted by atomic mass is 32.2. The maximum Gasteiger partial charge on any atom is 0.346 e. The maximum atomic E-state index is 11.2. The van der Waals surface area contributed by atoms with E-state index in [9.17, 15) is 14.7 Å². The van der Waals surface area contributed by atoms with Gasteiger partial charge in [0, 0.05) is 11.4 Å². The summed E-state index contributed by atoms with van der Waals surface area (Å²) in [6, 6.07) is 0. The summed E-state index contributed by atoms with van der Waals surface area (Å²) in [4.78, 5) is 28.2. The number of carboxylic acid groups (broad SMARTS) is 1. The molecular weight excluding hydrogens is 244 g/mol. The third kappa shape index (κ3) is 3.86. The third-order valence-corrected chi connectivity index (χ3v) is 3.28. The van der Waals surface area contributed by atoms with Crippen molar-refractivity contribution in [3.8, 4) is 0 Å². The molecule has 94 valence electrons. The molecule has 0 bridgehead atoms. The molecular formula is C10H14N2O4S. The van der Waals surface area contributed by atoms with Crippen LogP contribution < -0.4 is 5.69 Å². The van der Waals surface area contributed by atoms with E-state index in [1.54, 1.807) is 13.8 Å². The average Bonchev–Trinajstić information content (AvgIpc) is 2.11. The van der Waals surface area contributed by atoms with Gasteiger partial charge in [-0.25, -0.2) is 9.59 Å². The van der Waals surface area contributed by atoms with Crippen molar-refractivity contribution in [3.05, 3.63) is 21.7 Å². The fourth-order valence-electron chi connectivity index (χ4n) is 1.16. The number of thioether (sulfide) groups is 1. The van der Waals surface area contributed by atoms with Crippen molar-refractivity contribution in [3.63, 3.8) is 0 Å². The smallest absolute Gasteiger partial charge is 0.346 e. The van der Waals surface area contributed by atoms with Gasteiger partial charge in [0.15, 0.2) is 0 Å². The molecule has 3 N–H and O–H groups in total. The first-order valence-corrected chi connectivity index (χ1v) is 5.88. The monoisotopic (exact) mass is 258 g/mol. The van der Waals surface area contributed by atoms with Gasteiger partial charge in [0.05, 0.1) is 5.60 Å². The highest BCUT2D eigenvalue weighted by molar-refractivity contribution is 7.99. The first-order valence-electron chi connectivity index (χ1n) is 4.90. The first kappa shape index (κ1) is 13.7. The molecule has 0 radical (unpaired) electrons. The van der Waals surface area contributed by atoms with Crippen LogP contribution in [0.5, 0.6) is 0 Å². The van der Waals surface area contributed by atoms with Crippen LogP contribution in [0.25, 0.3) is 0 Å². The number of rotatable bonds is 4. The lowest BCUT2D eigenvalue weighted by atomic mass is 10.2. The number of carboxylic acids is 1. The third-order valence-electron chi connectivity index (χ3n) is 1.86. The maximum absolute atomic E-state index is 11.2. The van der Waals surface area contributed by atoms with Crippen molar-refractivity contribution >= 4 is 17.7 Å². The number of hydrogen-bond donors (Lipinski definition) is 3. The molecule has 0 aliphatic carbocycles. The first-order chi connectivity index (χ1) is 7.70. The van der Waals surface area contributed by atoms with Gasteiger partial charge in [0.25, 0.3) is 0 Å². The number of aliphatic hydroxyl groups is 1. The molecule has 0 fully saturated rings. The van der Waals surface area contributed by atoms with E-state index in [4.69, 9.17) is 5.11 Å². The quantitative estimate of drug-likeness (QED) is 0.541. The summed E-state index contributed by atoms with van der Waals surface area (Å²) in [6.07, 6.45) is 0. The molecule has 17 heavy (non-hydrogen) atoms. The Morgan fingerprint density at radius 1 is 1.53 bits per heavy atom. The number of aromatic carboxylic acids is 1. The number of aromatic nitrogens is 2. The zero-order valence-corrected chi connectivity index (χ0v) is 10.6. The van der Waals surface area contributed by atoms with E-state index in [0.29, 0.717) is 0 Å².